The molecule has 0 aliphatic carbocycles. The van der Waals surface area contributed by atoms with E-state index >= 15 is 0 Å². The SMILES string of the molecule is CS(=O)(=O)N(CC(=O)NCc1cccc(CN2CCCC2)c1)Cc1ccccc1. The van der Waals surface area contributed by atoms with Gasteiger partial charge in [0.1, 0.15) is 0 Å². The maximum absolute atomic E-state index is 12.4. The zero-order valence-electron chi connectivity index (χ0n) is 16.9. The zero-order chi connectivity index (χ0) is 20.7. The highest BCUT2D eigenvalue weighted by Gasteiger charge is 2.20. The molecule has 1 saturated heterocycles. The van der Waals surface area contributed by atoms with Gasteiger partial charge in [-0.15, -0.1) is 0 Å². The molecule has 1 aliphatic rings. The molecule has 1 fully saturated rings. The van der Waals surface area contributed by atoms with Gasteiger partial charge in [0, 0.05) is 19.6 Å². The van der Waals surface area contributed by atoms with E-state index in [1.165, 1.54) is 22.7 Å². The number of carbonyl (C=O) groups is 1. The van der Waals surface area contributed by atoms with Crippen LogP contribution in [0.3, 0.4) is 0 Å². The molecule has 0 atom stereocenters. The van der Waals surface area contributed by atoms with E-state index in [0.717, 1.165) is 37.0 Å². The number of hydrogen-bond donors (Lipinski definition) is 1. The van der Waals surface area contributed by atoms with Gasteiger partial charge in [-0.25, -0.2) is 8.42 Å². The summed E-state index contributed by atoms with van der Waals surface area (Å²) in [7, 11) is -3.49. The van der Waals surface area contributed by atoms with Crippen molar-refractivity contribution in [3.63, 3.8) is 0 Å². The molecule has 29 heavy (non-hydrogen) atoms. The van der Waals surface area contributed by atoms with Gasteiger partial charge in [0.15, 0.2) is 0 Å². The smallest absolute Gasteiger partial charge is 0.235 e. The first-order valence-corrected chi connectivity index (χ1v) is 11.8. The van der Waals surface area contributed by atoms with Crippen LogP contribution in [0.5, 0.6) is 0 Å². The summed E-state index contributed by atoms with van der Waals surface area (Å²) in [6.07, 6.45) is 3.65. The van der Waals surface area contributed by atoms with Gasteiger partial charge in [-0.3, -0.25) is 9.69 Å². The summed E-state index contributed by atoms with van der Waals surface area (Å²) in [5, 5.41) is 2.85. The molecule has 0 bridgehead atoms. The third-order valence-electron chi connectivity index (χ3n) is 5.08. The van der Waals surface area contributed by atoms with E-state index in [0.29, 0.717) is 6.54 Å². The van der Waals surface area contributed by atoms with Crippen molar-refractivity contribution in [2.45, 2.75) is 32.5 Å². The van der Waals surface area contributed by atoms with Gasteiger partial charge in [0.25, 0.3) is 0 Å². The molecule has 1 amide bonds. The van der Waals surface area contributed by atoms with Crippen LogP contribution >= 0.6 is 0 Å². The molecular formula is C22H29N3O3S. The summed E-state index contributed by atoms with van der Waals surface area (Å²) in [6.45, 7) is 3.59. The Hall–Kier alpha value is -2.22. The average Bonchev–Trinajstić information content (AvgIpc) is 3.19. The number of rotatable bonds is 9. The molecule has 0 spiro atoms. The van der Waals surface area contributed by atoms with Crippen LogP contribution in [0.15, 0.2) is 54.6 Å². The number of nitrogens with zero attached hydrogens (tertiary/aromatic N) is 2. The Morgan fingerprint density at radius 3 is 2.34 bits per heavy atom. The van der Waals surface area contributed by atoms with Crippen LogP contribution in [0, 0.1) is 0 Å². The lowest BCUT2D eigenvalue weighted by Crippen LogP contribution is -2.39. The fraction of sp³-hybridized carbons (Fsp3) is 0.409. The van der Waals surface area contributed by atoms with E-state index < -0.39 is 10.0 Å². The van der Waals surface area contributed by atoms with E-state index in [4.69, 9.17) is 0 Å². The molecule has 2 aromatic rings. The van der Waals surface area contributed by atoms with Gasteiger partial charge in [0.05, 0.1) is 12.8 Å². The van der Waals surface area contributed by atoms with E-state index in [1.54, 1.807) is 0 Å². The zero-order valence-corrected chi connectivity index (χ0v) is 17.7. The number of likely N-dealkylation sites (tertiary alicyclic amines) is 1. The van der Waals surface area contributed by atoms with Crippen LogP contribution in [0.2, 0.25) is 0 Å². The summed E-state index contributed by atoms with van der Waals surface area (Å²) in [4.78, 5) is 14.8. The van der Waals surface area contributed by atoms with Crippen LogP contribution < -0.4 is 5.32 Å². The van der Waals surface area contributed by atoms with Crippen molar-refractivity contribution >= 4 is 15.9 Å². The summed E-state index contributed by atoms with van der Waals surface area (Å²) < 4.78 is 25.4. The Labute approximate surface area is 173 Å². The maximum Gasteiger partial charge on any atom is 0.235 e. The highest BCUT2D eigenvalue weighted by Crippen LogP contribution is 2.14. The fourth-order valence-electron chi connectivity index (χ4n) is 3.53. The molecule has 0 unspecified atom stereocenters. The Kier molecular flexibility index (Phi) is 7.41. The minimum absolute atomic E-state index is 0.179. The van der Waals surface area contributed by atoms with E-state index in [9.17, 15) is 13.2 Å². The van der Waals surface area contributed by atoms with Crippen molar-refractivity contribution < 1.29 is 13.2 Å². The number of amides is 1. The summed E-state index contributed by atoms with van der Waals surface area (Å²) in [5.74, 6) is -0.309. The van der Waals surface area contributed by atoms with E-state index in [2.05, 4.69) is 22.3 Å². The lowest BCUT2D eigenvalue weighted by atomic mass is 10.1. The highest BCUT2D eigenvalue weighted by molar-refractivity contribution is 7.88. The number of carbonyl (C=O) groups excluding carboxylic acids is 1. The second-order valence-electron chi connectivity index (χ2n) is 7.60. The topological polar surface area (TPSA) is 69.7 Å². The Morgan fingerprint density at radius 2 is 1.66 bits per heavy atom. The molecule has 1 heterocycles. The molecule has 0 aromatic heterocycles. The molecule has 1 N–H and O–H groups in total. The van der Waals surface area contributed by atoms with Gasteiger partial charge in [-0.2, -0.15) is 4.31 Å². The van der Waals surface area contributed by atoms with Gasteiger partial charge in [-0.1, -0.05) is 54.6 Å². The van der Waals surface area contributed by atoms with Crippen molar-refractivity contribution in [1.82, 2.24) is 14.5 Å². The van der Waals surface area contributed by atoms with Crippen molar-refractivity contribution in [3.8, 4) is 0 Å². The molecule has 1 aliphatic heterocycles. The molecule has 156 valence electrons. The minimum atomic E-state index is -3.49. The van der Waals surface area contributed by atoms with Crippen LogP contribution in [0.1, 0.15) is 29.5 Å². The molecular weight excluding hydrogens is 386 g/mol. The Bertz CT molecular complexity index is 910. The molecule has 3 rings (SSSR count). The van der Waals surface area contributed by atoms with Crippen molar-refractivity contribution in [2.24, 2.45) is 0 Å². The number of benzene rings is 2. The van der Waals surface area contributed by atoms with Crippen molar-refractivity contribution in [1.29, 1.82) is 0 Å². The molecule has 7 heteroatoms. The van der Waals surface area contributed by atoms with Crippen LogP contribution in [0.4, 0.5) is 0 Å². The predicted molar refractivity (Wildman–Crippen MR) is 114 cm³/mol. The summed E-state index contributed by atoms with van der Waals surface area (Å²) >= 11 is 0. The largest absolute Gasteiger partial charge is 0.351 e. The van der Waals surface area contributed by atoms with Gasteiger partial charge < -0.3 is 5.32 Å². The van der Waals surface area contributed by atoms with Gasteiger partial charge in [0.2, 0.25) is 15.9 Å². The number of hydrogen-bond acceptors (Lipinski definition) is 4. The Balaban J connectivity index is 1.55. The fourth-order valence-corrected chi connectivity index (χ4v) is 4.27. The lowest BCUT2D eigenvalue weighted by molar-refractivity contribution is -0.121. The molecule has 0 saturated carbocycles. The van der Waals surface area contributed by atoms with Crippen LogP contribution in [0.25, 0.3) is 0 Å². The average molecular weight is 416 g/mol. The monoisotopic (exact) mass is 415 g/mol. The van der Waals surface area contributed by atoms with E-state index in [1.807, 2.05) is 42.5 Å². The lowest BCUT2D eigenvalue weighted by Gasteiger charge is -2.20. The summed E-state index contributed by atoms with van der Waals surface area (Å²) in [5.41, 5.74) is 3.10. The standard InChI is InChI=1S/C22H29N3O3S/c1-29(27,28)25(17-19-8-3-2-4-9-19)18-22(26)23-15-20-10-7-11-21(14-20)16-24-12-5-6-13-24/h2-4,7-11,14H,5-6,12-13,15-18H2,1H3,(H,23,26). The number of sulfonamides is 1. The molecule has 6 nitrogen and oxygen atoms in total. The van der Waals surface area contributed by atoms with Gasteiger partial charge >= 0.3 is 0 Å². The summed E-state index contributed by atoms with van der Waals surface area (Å²) in [6, 6.07) is 17.5. The van der Waals surface area contributed by atoms with Crippen LogP contribution in [-0.2, 0) is 34.5 Å². The maximum atomic E-state index is 12.4. The van der Waals surface area contributed by atoms with E-state index in [-0.39, 0.29) is 19.0 Å². The Morgan fingerprint density at radius 1 is 1.00 bits per heavy atom. The second-order valence-corrected chi connectivity index (χ2v) is 9.58. The second kappa shape index (κ2) is 10.0. The first-order valence-electron chi connectivity index (χ1n) is 9.96. The predicted octanol–water partition coefficient (Wildman–Crippen LogP) is 2.36. The number of nitrogens with one attached hydrogen (secondary N) is 1. The highest BCUT2D eigenvalue weighted by atomic mass is 32.2. The first-order chi connectivity index (χ1) is 13.9. The first kappa shape index (κ1) is 21.5. The normalized spacial score (nSPS) is 15.0. The molecule has 0 radical (unpaired) electrons. The van der Waals surface area contributed by atoms with Crippen molar-refractivity contribution in [2.75, 3.05) is 25.9 Å². The third kappa shape index (κ3) is 6.96. The van der Waals surface area contributed by atoms with Crippen LogP contribution in [-0.4, -0.2) is 49.4 Å². The minimum Gasteiger partial charge on any atom is -0.351 e. The molecule has 2 aromatic carbocycles. The van der Waals surface area contributed by atoms with Gasteiger partial charge in [-0.05, 0) is 42.6 Å². The quantitative estimate of drug-likeness (QED) is 0.683. The third-order valence-corrected chi connectivity index (χ3v) is 6.27. The van der Waals surface area contributed by atoms with Crippen molar-refractivity contribution in [3.05, 3.63) is 71.3 Å².